The van der Waals surface area contributed by atoms with Crippen LogP contribution in [0.4, 0.5) is 0 Å². The van der Waals surface area contributed by atoms with Gasteiger partial charge in [-0.05, 0) is 36.1 Å². The highest BCUT2D eigenvalue weighted by Crippen LogP contribution is 2.21. The van der Waals surface area contributed by atoms with E-state index in [4.69, 9.17) is 9.26 Å². The van der Waals surface area contributed by atoms with Crippen LogP contribution in [0, 0.1) is 6.92 Å². The highest BCUT2D eigenvalue weighted by Gasteiger charge is 2.12. The number of benzene rings is 1. The highest BCUT2D eigenvalue weighted by molar-refractivity contribution is 7.84. The number of nitrogens with zero attached hydrogens (tertiary/aromatic N) is 2. The minimum absolute atomic E-state index is 0.246. The van der Waals surface area contributed by atoms with Crippen LogP contribution in [-0.4, -0.2) is 26.7 Å². The molecule has 1 unspecified atom stereocenters. The second kappa shape index (κ2) is 7.52. The van der Waals surface area contributed by atoms with Gasteiger partial charge in [-0.2, -0.15) is 4.98 Å². The molecule has 7 heteroatoms. The summed E-state index contributed by atoms with van der Waals surface area (Å²) in [6, 6.07) is 11.6. The highest BCUT2D eigenvalue weighted by atomic mass is 32.2. The van der Waals surface area contributed by atoms with Crippen molar-refractivity contribution in [2.24, 2.45) is 0 Å². The first kappa shape index (κ1) is 15.9. The fourth-order valence-electron chi connectivity index (χ4n) is 1.99. The predicted octanol–water partition coefficient (Wildman–Crippen LogP) is 3.43. The molecule has 0 N–H and O–H groups in total. The molecule has 0 radical (unpaired) electrons. The maximum atomic E-state index is 12.1. The second-order valence-electron chi connectivity index (χ2n) is 4.94. The second-order valence-corrected chi connectivity index (χ2v) is 7.47. The van der Waals surface area contributed by atoms with Gasteiger partial charge in [-0.1, -0.05) is 23.4 Å². The lowest BCUT2D eigenvalue weighted by atomic mass is 10.2. The van der Waals surface area contributed by atoms with Crippen LogP contribution in [0.1, 0.15) is 11.5 Å². The molecule has 2 aromatic heterocycles. The maximum Gasteiger partial charge on any atom is 0.239 e. The molecule has 0 saturated carbocycles. The molecule has 0 fully saturated rings. The van der Waals surface area contributed by atoms with E-state index in [0.717, 1.165) is 16.2 Å². The molecule has 1 aromatic carbocycles. The quantitative estimate of drug-likeness (QED) is 0.654. The molecule has 1 atom stereocenters. The minimum atomic E-state index is -1.10. The van der Waals surface area contributed by atoms with Gasteiger partial charge in [0.05, 0.1) is 17.2 Å². The van der Waals surface area contributed by atoms with Gasteiger partial charge in [-0.15, -0.1) is 11.3 Å². The van der Waals surface area contributed by atoms with E-state index < -0.39 is 10.8 Å². The normalized spacial score (nSPS) is 12.2. The zero-order valence-electron chi connectivity index (χ0n) is 12.6. The molecule has 0 amide bonds. The molecule has 0 spiro atoms. The van der Waals surface area contributed by atoms with Gasteiger partial charge in [0.1, 0.15) is 11.5 Å². The monoisotopic (exact) mass is 348 g/mol. The summed E-state index contributed by atoms with van der Waals surface area (Å²) in [4.78, 5) is 5.21. The Morgan fingerprint density at radius 3 is 3.00 bits per heavy atom. The lowest BCUT2D eigenvalue weighted by Crippen LogP contribution is -2.10. The van der Waals surface area contributed by atoms with Crippen LogP contribution < -0.4 is 4.74 Å². The predicted molar refractivity (Wildman–Crippen MR) is 91.0 cm³/mol. The molecule has 3 aromatic rings. The van der Waals surface area contributed by atoms with E-state index in [-0.39, 0.29) is 5.75 Å². The summed E-state index contributed by atoms with van der Waals surface area (Å²) in [6.07, 6.45) is 0. The molecule has 23 heavy (non-hydrogen) atoms. The van der Waals surface area contributed by atoms with E-state index in [1.54, 1.807) is 11.3 Å². The van der Waals surface area contributed by atoms with Crippen molar-refractivity contribution in [2.75, 3.05) is 12.4 Å². The molecule has 2 heterocycles. The molecule has 0 aliphatic rings. The van der Waals surface area contributed by atoms with E-state index in [1.165, 1.54) is 0 Å². The van der Waals surface area contributed by atoms with Crippen molar-refractivity contribution in [3.8, 4) is 16.5 Å². The molecule has 0 bridgehead atoms. The Kier molecular flexibility index (Phi) is 5.19. The third kappa shape index (κ3) is 4.49. The zero-order valence-corrected chi connectivity index (χ0v) is 14.2. The van der Waals surface area contributed by atoms with Crippen LogP contribution in [0.15, 0.2) is 46.3 Å². The van der Waals surface area contributed by atoms with Crippen molar-refractivity contribution < 1.29 is 13.5 Å². The fraction of sp³-hybridized carbons (Fsp3) is 0.250. The minimum Gasteiger partial charge on any atom is -0.493 e. The van der Waals surface area contributed by atoms with Crippen molar-refractivity contribution in [1.82, 2.24) is 10.1 Å². The Morgan fingerprint density at radius 2 is 2.22 bits per heavy atom. The van der Waals surface area contributed by atoms with Gasteiger partial charge in [0.25, 0.3) is 0 Å². The molecule has 0 aliphatic carbocycles. The number of hydrogen-bond acceptors (Lipinski definition) is 6. The van der Waals surface area contributed by atoms with E-state index in [1.807, 2.05) is 48.7 Å². The van der Waals surface area contributed by atoms with E-state index in [0.29, 0.717) is 24.1 Å². The molecule has 0 aliphatic heterocycles. The lowest BCUT2D eigenvalue weighted by molar-refractivity contribution is 0.342. The largest absolute Gasteiger partial charge is 0.493 e. The van der Waals surface area contributed by atoms with Crippen LogP contribution >= 0.6 is 11.3 Å². The van der Waals surface area contributed by atoms with Crippen molar-refractivity contribution in [3.63, 3.8) is 0 Å². The average molecular weight is 348 g/mol. The average Bonchev–Trinajstić information content (AvgIpc) is 3.18. The Hall–Kier alpha value is -1.99. The maximum absolute atomic E-state index is 12.1. The fourth-order valence-corrected chi connectivity index (χ4v) is 3.44. The number of aromatic nitrogens is 2. The first-order valence-corrected chi connectivity index (χ1v) is 9.48. The molecular formula is C16H16N2O3S2. The summed E-state index contributed by atoms with van der Waals surface area (Å²) in [5.41, 5.74) is 1.13. The van der Waals surface area contributed by atoms with Crippen LogP contribution in [0.25, 0.3) is 10.7 Å². The smallest absolute Gasteiger partial charge is 0.239 e. The topological polar surface area (TPSA) is 65.2 Å². The van der Waals surface area contributed by atoms with Gasteiger partial charge in [-0.25, -0.2) is 0 Å². The van der Waals surface area contributed by atoms with Crippen LogP contribution in [0.2, 0.25) is 0 Å². The van der Waals surface area contributed by atoms with E-state index in [2.05, 4.69) is 10.1 Å². The van der Waals surface area contributed by atoms with Gasteiger partial charge < -0.3 is 9.26 Å². The summed E-state index contributed by atoms with van der Waals surface area (Å²) in [7, 11) is -1.10. The van der Waals surface area contributed by atoms with E-state index >= 15 is 0 Å². The molecule has 0 saturated heterocycles. The number of ether oxygens (including phenoxy) is 1. The first-order valence-electron chi connectivity index (χ1n) is 7.11. The third-order valence-electron chi connectivity index (χ3n) is 3.06. The van der Waals surface area contributed by atoms with Crippen molar-refractivity contribution in [2.45, 2.75) is 12.7 Å². The Bertz CT molecular complexity index is 784. The Labute approximate surface area is 140 Å². The number of hydrogen-bond donors (Lipinski definition) is 0. The Morgan fingerprint density at radius 1 is 1.30 bits per heavy atom. The molecule has 120 valence electrons. The van der Waals surface area contributed by atoms with Crippen molar-refractivity contribution in [1.29, 1.82) is 0 Å². The lowest BCUT2D eigenvalue weighted by Gasteiger charge is -2.05. The van der Waals surface area contributed by atoms with Crippen LogP contribution in [0.5, 0.6) is 5.75 Å². The first-order chi connectivity index (χ1) is 11.2. The third-order valence-corrected chi connectivity index (χ3v) is 5.12. The van der Waals surface area contributed by atoms with Crippen LogP contribution in [0.3, 0.4) is 0 Å². The molecular weight excluding hydrogens is 332 g/mol. The summed E-state index contributed by atoms with van der Waals surface area (Å²) in [6.45, 7) is 2.40. The Balaban J connectivity index is 1.48. The van der Waals surface area contributed by atoms with Gasteiger partial charge in [-0.3, -0.25) is 4.21 Å². The van der Waals surface area contributed by atoms with Gasteiger partial charge in [0, 0.05) is 10.8 Å². The summed E-state index contributed by atoms with van der Waals surface area (Å²) < 4.78 is 22.8. The number of aryl methyl sites for hydroxylation is 1. The number of rotatable bonds is 7. The van der Waals surface area contributed by atoms with Crippen molar-refractivity contribution in [3.05, 3.63) is 53.2 Å². The summed E-state index contributed by atoms with van der Waals surface area (Å²) >= 11 is 1.54. The SMILES string of the molecule is Cc1cccc(OCCS(=O)Cc2nc(-c3cccs3)no2)c1. The molecule has 5 nitrogen and oxygen atoms in total. The van der Waals surface area contributed by atoms with Gasteiger partial charge >= 0.3 is 0 Å². The summed E-state index contributed by atoms with van der Waals surface area (Å²) in [5.74, 6) is 2.39. The molecule has 3 rings (SSSR count). The zero-order chi connectivity index (χ0) is 16.1. The standard InChI is InChI=1S/C16H16N2O3S2/c1-12-4-2-5-13(10-12)20-7-9-23(19)11-15-17-16(18-21-15)14-6-3-8-22-14/h2-6,8,10H,7,9,11H2,1H3. The van der Waals surface area contributed by atoms with E-state index in [9.17, 15) is 4.21 Å². The van der Waals surface area contributed by atoms with Gasteiger partial charge in [0.15, 0.2) is 0 Å². The van der Waals surface area contributed by atoms with Crippen LogP contribution in [-0.2, 0) is 16.6 Å². The van der Waals surface area contributed by atoms with Crippen molar-refractivity contribution >= 4 is 22.1 Å². The van der Waals surface area contributed by atoms with Gasteiger partial charge in [0.2, 0.25) is 11.7 Å². The number of thiophene rings is 1. The summed E-state index contributed by atoms with van der Waals surface area (Å²) in [5, 5.41) is 5.86.